The van der Waals surface area contributed by atoms with Gasteiger partial charge in [0.2, 0.25) is 0 Å². The van der Waals surface area contributed by atoms with Gasteiger partial charge in [0.15, 0.2) is 9.84 Å². The first-order valence-corrected chi connectivity index (χ1v) is 9.01. The molecule has 1 aromatic carbocycles. The Morgan fingerprint density at radius 3 is 2.65 bits per heavy atom. The molecule has 5 heteroatoms. The smallest absolute Gasteiger partial charge is 0.151 e. The molecule has 0 aliphatic carbocycles. The monoisotopic (exact) mass is 297 g/mol. The van der Waals surface area contributed by atoms with Crippen LogP contribution in [-0.4, -0.2) is 32.6 Å². The first-order chi connectivity index (χ1) is 9.50. The summed E-state index contributed by atoms with van der Waals surface area (Å²) < 4.78 is 28.7. The van der Waals surface area contributed by atoms with E-state index < -0.39 is 9.84 Å². The highest BCUT2D eigenvalue weighted by atomic mass is 32.2. The van der Waals surface area contributed by atoms with E-state index in [0.29, 0.717) is 12.4 Å². The minimum absolute atomic E-state index is 0.0651. The SMILES string of the molecule is CCOc1ccc(C(C)NC2CCCS(=O)(=O)C2)cc1. The van der Waals surface area contributed by atoms with Gasteiger partial charge in [0, 0.05) is 12.1 Å². The van der Waals surface area contributed by atoms with Gasteiger partial charge in [-0.1, -0.05) is 12.1 Å². The van der Waals surface area contributed by atoms with Crippen LogP contribution in [0.5, 0.6) is 5.75 Å². The molecule has 0 aromatic heterocycles. The molecule has 1 aromatic rings. The van der Waals surface area contributed by atoms with Crippen molar-refractivity contribution in [2.24, 2.45) is 0 Å². The summed E-state index contributed by atoms with van der Waals surface area (Å²) in [6.07, 6.45) is 1.69. The Morgan fingerprint density at radius 1 is 1.35 bits per heavy atom. The van der Waals surface area contributed by atoms with Gasteiger partial charge in [-0.05, 0) is 44.4 Å². The van der Waals surface area contributed by atoms with Crippen molar-refractivity contribution in [3.8, 4) is 5.75 Å². The van der Waals surface area contributed by atoms with Gasteiger partial charge in [-0.2, -0.15) is 0 Å². The van der Waals surface area contributed by atoms with Crippen molar-refractivity contribution in [2.45, 2.75) is 38.8 Å². The van der Waals surface area contributed by atoms with Gasteiger partial charge in [0.05, 0.1) is 18.1 Å². The van der Waals surface area contributed by atoms with Crippen LogP contribution >= 0.6 is 0 Å². The summed E-state index contributed by atoms with van der Waals surface area (Å²) in [5, 5.41) is 3.42. The molecule has 0 spiro atoms. The highest BCUT2D eigenvalue weighted by molar-refractivity contribution is 7.91. The first kappa shape index (κ1) is 15.3. The summed E-state index contributed by atoms with van der Waals surface area (Å²) in [5.74, 6) is 1.46. The van der Waals surface area contributed by atoms with Crippen molar-refractivity contribution >= 4 is 9.84 Å². The molecule has 0 bridgehead atoms. The molecule has 1 aliphatic rings. The van der Waals surface area contributed by atoms with Crippen LogP contribution in [0.1, 0.15) is 38.3 Å². The molecule has 0 saturated carbocycles. The summed E-state index contributed by atoms with van der Waals surface area (Å²) in [4.78, 5) is 0. The average molecular weight is 297 g/mol. The maximum atomic E-state index is 11.6. The van der Waals surface area contributed by atoms with E-state index in [4.69, 9.17) is 4.74 Å². The molecule has 20 heavy (non-hydrogen) atoms. The molecular formula is C15H23NO3S. The van der Waals surface area contributed by atoms with Crippen molar-refractivity contribution in [3.63, 3.8) is 0 Å². The zero-order valence-electron chi connectivity index (χ0n) is 12.1. The van der Waals surface area contributed by atoms with Gasteiger partial charge in [0.25, 0.3) is 0 Å². The maximum Gasteiger partial charge on any atom is 0.151 e. The van der Waals surface area contributed by atoms with E-state index in [0.717, 1.165) is 24.2 Å². The fourth-order valence-electron chi connectivity index (χ4n) is 2.62. The lowest BCUT2D eigenvalue weighted by atomic mass is 10.1. The van der Waals surface area contributed by atoms with E-state index in [2.05, 4.69) is 12.2 Å². The van der Waals surface area contributed by atoms with Gasteiger partial charge < -0.3 is 10.1 Å². The van der Waals surface area contributed by atoms with Gasteiger partial charge in [0.1, 0.15) is 5.75 Å². The van der Waals surface area contributed by atoms with E-state index in [9.17, 15) is 8.42 Å². The minimum atomic E-state index is -2.86. The fraction of sp³-hybridized carbons (Fsp3) is 0.600. The third kappa shape index (κ3) is 4.21. The number of sulfone groups is 1. The van der Waals surface area contributed by atoms with E-state index >= 15 is 0 Å². The molecule has 4 nitrogen and oxygen atoms in total. The molecule has 1 aliphatic heterocycles. The van der Waals surface area contributed by atoms with Crippen LogP contribution in [0.25, 0.3) is 0 Å². The summed E-state index contributed by atoms with van der Waals surface area (Å²) in [5.41, 5.74) is 1.15. The van der Waals surface area contributed by atoms with Crippen molar-refractivity contribution in [1.82, 2.24) is 5.32 Å². The Bertz CT molecular complexity index is 525. The predicted octanol–water partition coefficient (Wildman–Crippen LogP) is 2.31. The second-order valence-electron chi connectivity index (χ2n) is 5.34. The lowest BCUT2D eigenvalue weighted by Crippen LogP contribution is -2.41. The van der Waals surface area contributed by atoms with Gasteiger partial charge in [-0.3, -0.25) is 0 Å². The minimum Gasteiger partial charge on any atom is -0.494 e. The highest BCUT2D eigenvalue weighted by Crippen LogP contribution is 2.20. The normalized spacial score (nSPS) is 23.2. The van der Waals surface area contributed by atoms with Crippen LogP contribution in [0.4, 0.5) is 0 Å². The predicted molar refractivity (Wildman–Crippen MR) is 80.8 cm³/mol. The Labute approximate surface area is 121 Å². The van der Waals surface area contributed by atoms with Gasteiger partial charge in [-0.15, -0.1) is 0 Å². The van der Waals surface area contributed by atoms with E-state index in [1.54, 1.807) is 0 Å². The number of ether oxygens (including phenoxy) is 1. The van der Waals surface area contributed by atoms with Crippen molar-refractivity contribution in [1.29, 1.82) is 0 Å². The molecule has 1 heterocycles. The summed E-state index contributed by atoms with van der Waals surface area (Å²) in [6.45, 7) is 4.69. The zero-order valence-corrected chi connectivity index (χ0v) is 12.9. The van der Waals surface area contributed by atoms with Crippen molar-refractivity contribution in [2.75, 3.05) is 18.1 Å². The van der Waals surface area contributed by atoms with Crippen molar-refractivity contribution < 1.29 is 13.2 Å². The summed E-state index contributed by atoms with van der Waals surface area (Å²) in [7, 11) is -2.86. The van der Waals surface area contributed by atoms with E-state index in [1.165, 1.54) is 0 Å². The summed E-state index contributed by atoms with van der Waals surface area (Å²) >= 11 is 0. The molecule has 0 amide bonds. The second kappa shape index (κ2) is 6.59. The van der Waals surface area contributed by atoms with Crippen LogP contribution < -0.4 is 10.1 Å². The van der Waals surface area contributed by atoms with Crippen LogP contribution in [0.2, 0.25) is 0 Å². The molecule has 2 atom stereocenters. The van der Waals surface area contributed by atoms with E-state index in [1.807, 2.05) is 31.2 Å². The third-order valence-corrected chi connectivity index (χ3v) is 5.46. The van der Waals surface area contributed by atoms with Crippen LogP contribution in [0, 0.1) is 0 Å². The molecule has 0 radical (unpaired) electrons. The lowest BCUT2D eigenvalue weighted by Gasteiger charge is -2.26. The van der Waals surface area contributed by atoms with Crippen LogP contribution in [0.3, 0.4) is 0 Å². The lowest BCUT2D eigenvalue weighted by molar-refractivity contribution is 0.340. The largest absolute Gasteiger partial charge is 0.494 e. The number of hydrogen-bond donors (Lipinski definition) is 1. The molecular weight excluding hydrogens is 274 g/mol. The maximum absolute atomic E-state index is 11.6. The Kier molecular flexibility index (Phi) is 5.05. The molecule has 1 saturated heterocycles. The van der Waals surface area contributed by atoms with Gasteiger partial charge in [-0.25, -0.2) is 8.42 Å². The molecule has 2 unspecified atom stereocenters. The number of nitrogens with one attached hydrogen (secondary N) is 1. The standard InChI is InChI=1S/C15H23NO3S/c1-3-19-15-8-6-13(7-9-15)12(2)16-14-5-4-10-20(17,18)11-14/h6-9,12,14,16H,3-5,10-11H2,1-2H3. The topological polar surface area (TPSA) is 55.4 Å². The van der Waals surface area contributed by atoms with Gasteiger partial charge >= 0.3 is 0 Å². The first-order valence-electron chi connectivity index (χ1n) is 7.19. The quantitative estimate of drug-likeness (QED) is 0.906. The second-order valence-corrected chi connectivity index (χ2v) is 7.57. The third-order valence-electron chi connectivity index (χ3n) is 3.64. The molecule has 2 rings (SSSR count). The number of hydrogen-bond acceptors (Lipinski definition) is 4. The van der Waals surface area contributed by atoms with E-state index in [-0.39, 0.29) is 17.8 Å². The average Bonchev–Trinajstić information content (AvgIpc) is 2.38. The fourth-order valence-corrected chi connectivity index (χ4v) is 4.27. The zero-order chi connectivity index (χ0) is 14.6. The summed E-state index contributed by atoms with van der Waals surface area (Å²) in [6, 6.07) is 8.17. The van der Waals surface area contributed by atoms with Crippen LogP contribution in [-0.2, 0) is 9.84 Å². The highest BCUT2D eigenvalue weighted by Gasteiger charge is 2.25. The molecule has 1 fully saturated rings. The Hall–Kier alpha value is -1.07. The molecule has 1 N–H and O–H groups in total. The Balaban J connectivity index is 1.95. The van der Waals surface area contributed by atoms with Crippen LogP contribution in [0.15, 0.2) is 24.3 Å². The molecule has 112 valence electrons. The number of benzene rings is 1. The Morgan fingerprint density at radius 2 is 2.05 bits per heavy atom. The number of rotatable bonds is 5. The van der Waals surface area contributed by atoms with Crippen molar-refractivity contribution in [3.05, 3.63) is 29.8 Å².